The van der Waals surface area contributed by atoms with Crippen molar-refractivity contribution >= 4 is 38.6 Å². The summed E-state index contributed by atoms with van der Waals surface area (Å²) in [6.07, 6.45) is 3.86. The standard InChI is InChI=1S/C21H21BrN4O/c22-18-5-6-20(23-9-18)25-10-16-12-26(13-17(16)11-25)21(27)14-24-8-7-15-3-1-2-4-19(15)24/h1-9,16-17H,10-14H2. The molecular weight excluding hydrogens is 404 g/mol. The normalized spacial score (nSPS) is 21.8. The van der Waals surface area contributed by atoms with Gasteiger partial charge in [0.2, 0.25) is 5.91 Å². The molecule has 2 unspecified atom stereocenters. The minimum atomic E-state index is 0.221. The SMILES string of the molecule is O=C(Cn1ccc2ccccc21)N1CC2CN(c3ccc(Br)cn3)CC2C1. The van der Waals surface area contributed by atoms with E-state index in [2.05, 4.69) is 59.5 Å². The molecule has 1 aromatic carbocycles. The first-order valence-corrected chi connectivity index (χ1v) is 10.1. The fourth-order valence-corrected chi connectivity index (χ4v) is 4.70. The molecule has 2 aliphatic rings. The Labute approximate surface area is 166 Å². The van der Waals surface area contributed by atoms with Gasteiger partial charge in [-0.25, -0.2) is 4.98 Å². The Kier molecular flexibility index (Phi) is 4.16. The molecule has 5 nitrogen and oxygen atoms in total. The molecule has 0 saturated carbocycles. The molecule has 2 atom stereocenters. The first kappa shape index (κ1) is 16.8. The number of amides is 1. The molecule has 3 aromatic rings. The summed E-state index contributed by atoms with van der Waals surface area (Å²) < 4.78 is 3.06. The molecule has 6 heteroatoms. The van der Waals surface area contributed by atoms with Gasteiger partial charge in [-0.1, -0.05) is 18.2 Å². The van der Waals surface area contributed by atoms with Gasteiger partial charge in [-0.3, -0.25) is 4.79 Å². The number of hydrogen-bond acceptors (Lipinski definition) is 3. The lowest BCUT2D eigenvalue weighted by atomic mass is 10.0. The van der Waals surface area contributed by atoms with Gasteiger partial charge in [0, 0.05) is 60.4 Å². The van der Waals surface area contributed by atoms with Gasteiger partial charge in [0.1, 0.15) is 12.4 Å². The molecule has 138 valence electrons. The average Bonchev–Trinajstić information content (AvgIpc) is 3.36. The summed E-state index contributed by atoms with van der Waals surface area (Å²) in [5.41, 5.74) is 1.12. The molecule has 2 aliphatic heterocycles. The maximum absolute atomic E-state index is 12.9. The lowest BCUT2D eigenvalue weighted by Gasteiger charge is -2.23. The lowest BCUT2D eigenvalue weighted by Crippen LogP contribution is -2.35. The number of hydrogen-bond donors (Lipinski definition) is 0. The van der Waals surface area contributed by atoms with Gasteiger partial charge in [0.05, 0.1) is 0 Å². The minimum Gasteiger partial charge on any atom is -0.356 e. The third-order valence-corrected chi connectivity index (χ3v) is 6.33. The molecule has 1 amide bonds. The van der Waals surface area contributed by atoms with Crippen LogP contribution in [-0.2, 0) is 11.3 Å². The quantitative estimate of drug-likeness (QED) is 0.646. The molecule has 0 radical (unpaired) electrons. The van der Waals surface area contributed by atoms with Crippen molar-refractivity contribution in [1.82, 2.24) is 14.5 Å². The van der Waals surface area contributed by atoms with Gasteiger partial charge in [0.25, 0.3) is 0 Å². The molecule has 2 aromatic heterocycles. The van der Waals surface area contributed by atoms with E-state index in [1.165, 1.54) is 5.39 Å². The first-order chi connectivity index (χ1) is 13.2. The zero-order valence-corrected chi connectivity index (χ0v) is 16.5. The van der Waals surface area contributed by atoms with Gasteiger partial charge in [0.15, 0.2) is 0 Å². The summed E-state index contributed by atoms with van der Waals surface area (Å²) in [5.74, 6) is 2.34. The zero-order chi connectivity index (χ0) is 18.4. The summed E-state index contributed by atoms with van der Waals surface area (Å²) in [7, 11) is 0. The smallest absolute Gasteiger partial charge is 0.242 e. The van der Waals surface area contributed by atoms with E-state index in [0.717, 1.165) is 42.0 Å². The van der Waals surface area contributed by atoms with Crippen molar-refractivity contribution in [3.05, 3.63) is 59.3 Å². The van der Waals surface area contributed by atoms with Gasteiger partial charge in [-0.15, -0.1) is 0 Å². The Hall–Kier alpha value is -2.34. The van der Waals surface area contributed by atoms with E-state index in [0.29, 0.717) is 18.4 Å². The number of para-hydroxylation sites is 1. The van der Waals surface area contributed by atoms with E-state index < -0.39 is 0 Å². The molecule has 2 saturated heterocycles. The van der Waals surface area contributed by atoms with Crippen LogP contribution < -0.4 is 4.90 Å². The lowest BCUT2D eigenvalue weighted by molar-refractivity contribution is -0.131. The van der Waals surface area contributed by atoms with Crippen molar-refractivity contribution < 1.29 is 4.79 Å². The van der Waals surface area contributed by atoms with Gasteiger partial charge < -0.3 is 14.4 Å². The van der Waals surface area contributed by atoms with Gasteiger partial charge >= 0.3 is 0 Å². The van der Waals surface area contributed by atoms with Crippen LogP contribution in [0.2, 0.25) is 0 Å². The predicted molar refractivity (Wildman–Crippen MR) is 110 cm³/mol. The second-order valence-electron chi connectivity index (χ2n) is 7.56. The Morgan fingerprint density at radius 2 is 1.81 bits per heavy atom. The Morgan fingerprint density at radius 1 is 1.04 bits per heavy atom. The van der Waals surface area contributed by atoms with Crippen LogP contribution in [0.15, 0.2) is 59.3 Å². The fraction of sp³-hybridized carbons (Fsp3) is 0.333. The van der Waals surface area contributed by atoms with Crippen LogP contribution in [-0.4, -0.2) is 46.5 Å². The molecule has 0 spiro atoms. The molecule has 0 N–H and O–H groups in total. The number of aromatic nitrogens is 2. The maximum Gasteiger partial charge on any atom is 0.242 e. The molecule has 5 rings (SSSR count). The largest absolute Gasteiger partial charge is 0.356 e. The third kappa shape index (κ3) is 3.12. The second kappa shape index (κ2) is 6.68. The number of carbonyl (C=O) groups excluding carboxylic acids is 1. The molecule has 2 fully saturated rings. The number of carbonyl (C=O) groups is 1. The summed E-state index contributed by atoms with van der Waals surface area (Å²) in [6, 6.07) is 14.4. The van der Waals surface area contributed by atoms with E-state index in [4.69, 9.17) is 0 Å². The molecule has 0 aliphatic carbocycles. The Morgan fingerprint density at radius 3 is 2.56 bits per heavy atom. The van der Waals surface area contributed by atoms with E-state index in [1.54, 1.807) is 0 Å². The van der Waals surface area contributed by atoms with Crippen molar-refractivity contribution in [1.29, 1.82) is 0 Å². The number of nitrogens with zero attached hydrogens (tertiary/aromatic N) is 4. The molecular formula is C21H21BrN4O. The Balaban J connectivity index is 1.23. The van der Waals surface area contributed by atoms with Crippen molar-refractivity contribution in [3.8, 4) is 0 Å². The van der Waals surface area contributed by atoms with E-state index >= 15 is 0 Å². The zero-order valence-electron chi connectivity index (χ0n) is 15.0. The van der Waals surface area contributed by atoms with Crippen molar-refractivity contribution in [2.24, 2.45) is 11.8 Å². The van der Waals surface area contributed by atoms with Crippen molar-refractivity contribution in [2.75, 3.05) is 31.1 Å². The maximum atomic E-state index is 12.9. The van der Waals surface area contributed by atoms with Crippen LogP contribution in [0.4, 0.5) is 5.82 Å². The summed E-state index contributed by atoms with van der Waals surface area (Å²) in [4.78, 5) is 21.8. The van der Waals surface area contributed by atoms with Crippen LogP contribution in [0.3, 0.4) is 0 Å². The highest BCUT2D eigenvalue weighted by Gasteiger charge is 2.41. The van der Waals surface area contributed by atoms with Gasteiger partial charge in [-0.05, 0) is 45.6 Å². The topological polar surface area (TPSA) is 41.4 Å². The third-order valence-electron chi connectivity index (χ3n) is 5.86. The van der Waals surface area contributed by atoms with Crippen LogP contribution in [0.25, 0.3) is 10.9 Å². The highest BCUT2D eigenvalue weighted by atomic mass is 79.9. The number of rotatable bonds is 3. The number of likely N-dealkylation sites (tertiary alicyclic amines) is 1. The second-order valence-corrected chi connectivity index (χ2v) is 8.48. The highest BCUT2D eigenvalue weighted by molar-refractivity contribution is 9.10. The van der Waals surface area contributed by atoms with E-state index in [9.17, 15) is 4.79 Å². The van der Waals surface area contributed by atoms with E-state index in [1.807, 2.05) is 30.6 Å². The predicted octanol–water partition coefficient (Wildman–Crippen LogP) is 3.39. The Bertz CT molecular complexity index is 969. The fourth-order valence-electron chi connectivity index (χ4n) is 4.46. The summed E-state index contributed by atoms with van der Waals surface area (Å²) in [5, 5.41) is 1.18. The highest BCUT2D eigenvalue weighted by Crippen LogP contribution is 2.33. The molecule has 0 bridgehead atoms. The average molecular weight is 425 g/mol. The molecule has 27 heavy (non-hydrogen) atoms. The van der Waals surface area contributed by atoms with Crippen molar-refractivity contribution in [2.45, 2.75) is 6.54 Å². The number of benzene rings is 1. The summed E-state index contributed by atoms with van der Waals surface area (Å²) in [6.45, 7) is 4.10. The van der Waals surface area contributed by atoms with Crippen molar-refractivity contribution in [3.63, 3.8) is 0 Å². The monoisotopic (exact) mass is 424 g/mol. The molecule has 4 heterocycles. The summed E-state index contributed by atoms with van der Waals surface area (Å²) >= 11 is 3.44. The van der Waals surface area contributed by atoms with Gasteiger partial charge in [-0.2, -0.15) is 0 Å². The number of anilines is 1. The number of halogens is 1. The van der Waals surface area contributed by atoms with Crippen LogP contribution in [0, 0.1) is 11.8 Å². The first-order valence-electron chi connectivity index (χ1n) is 9.35. The van der Waals surface area contributed by atoms with Crippen LogP contribution >= 0.6 is 15.9 Å². The van der Waals surface area contributed by atoms with Crippen LogP contribution in [0.1, 0.15) is 0 Å². The minimum absolute atomic E-state index is 0.221. The van der Waals surface area contributed by atoms with E-state index in [-0.39, 0.29) is 5.91 Å². The number of fused-ring (bicyclic) bond motifs is 2. The number of pyridine rings is 1. The van der Waals surface area contributed by atoms with Crippen LogP contribution in [0.5, 0.6) is 0 Å².